The lowest BCUT2D eigenvalue weighted by molar-refractivity contribution is 1.07. The third kappa shape index (κ3) is 5.22. The van der Waals surface area contributed by atoms with Crippen molar-refractivity contribution in [2.45, 2.75) is 0 Å². The normalized spacial score (nSPS) is 11.4. The number of nitrogens with zero attached hydrogens (tertiary/aromatic N) is 3. The molecule has 0 amide bonds. The molecule has 7 aromatic carbocycles. The Hall–Kier alpha value is -5.68. The molecule has 226 valence electrons. The van der Waals surface area contributed by atoms with Crippen LogP contribution in [0, 0.1) is 0 Å². The lowest BCUT2D eigenvalue weighted by Crippen LogP contribution is -1.97. The number of halogens is 1. The van der Waals surface area contributed by atoms with Crippen LogP contribution in [-0.2, 0) is 0 Å². The summed E-state index contributed by atoms with van der Waals surface area (Å²) in [5, 5.41) is 4.87. The zero-order valence-electron chi connectivity index (χ0n) is 25.6. The maximum Gasteiger partial charge on any atom is 0.226 e. The number of hydrogen-bond donors (Lipinski definition) is 0. The second-order valence-corrected chi connectivity index (χ2v) is 13.3. The number of benzene rings is 7. The van der Waals surface area contributed by atoms with Crippen molar-refractivity contribution >= 4 is 53.9 Å². The van der Waals surface area contributed by atoms with Crippen molar-refractivity contribution < 1.29 is 0 Å². The summed E-state index contributed by atoms with van der Waals surface area (Å²) < 4.78 is 2.40. The largest absolute Gasteiger partial charge is 0.226 e. The zero-order valence-corrected chi connectivity index (χ0v) is 27.2. The predicted molar refractivity (Wildman–Crippen MR) is 202 cm³/mol. The van der Waals surface area contributed by atoms with E-state index in [1.54, 1.807) is 11.3 Å². The van der Waals surface area contributed by atoms with Crippen molar-refractivity contribution in [2.75, 3.05) is 0 Å². The molecule has 0 saturated carbocycles. The van der Waals surface area contributed by atoms with Crippen LogP contribution in [0.1, 0.15) is 0 Å². The number of fused-ring (bicyclic) bond motifs is 4. The van der Waals surface area contributed by atoms with E-state index in [2.05, 4.69) is 143 Å². The Morgan fingerprint density at radius 2 is 0.958 bits per heavy atom. The second kappa shape index (κ2) is 11.8. The van der Waals surface area contributed by atoms with E-state index in [4.69, 9.17) is 16.6 Å². The summed E-state index contributed by atoms with van der Waals surface area (Å²) in [7, 11) is 0. The maximum atomic E-state index is 6.62. The van der Waals surface area contributed by atoms with E-state index in [1.807, 2.05) is 24.3 Å². The summed E-state index contributed by atoms with van der Waals surface area (Å²) in [6, 6.07) is 55.5. The third-order valence-corrected chi connectivity index (χ3v) is 10.2. The van der Waals surface area contributed by atoms with Gasteiger partial charge in [0.15, 0.2) is 11.6 Å². The van der Waals surface area contributed by atoms with Crippen LogP contribution >= 0.6 is 22.9 Å². The first-order valence-corrected chi connectivity index (χ1v) is 17.0. The first-order chi connectivity index (χ1) is 23.7. The SMILES string of the molecule is Clc1nc(-c2cccc(-c3ccc4cc(-c5ccccc5)ccc4c3)c2)nc(-c2cccc3sc4ccc(-c5ccccc5)cc4c23)n1. The number of thiophene rings is 1. The molecule has 0 atom stereocenters. The Labute approximate surface area is 286 Å². The molecule has 9 rings (SSSR count). The van der Waals surface area contributed by atoms with Gasteiger partial charge < -0.3 is 0 Å². The Kier molecular flexibility index (Phi) is 7.04. The molecular weight excluding hydrogens is 626 g/mol. The number of rotatable bonds is 5. The highest BCUT2D eigenvalue weighted by molar-refractivity contribution is 7.26. The second-order valence-electron chi connectivity index (χ2n) is 11.8. The van der Waals surface area contributed by atoms with Gasteiger partial charge in [-0.1, -0.05) is 121 Å². The molecule has 5 heteroatoms. The van der Waals surface area contributed by atoms with Crippen LogP contribution in [0.3, 0.4) is 0 Å². The highest BCUT2D eigenvalue weighted by Gasteiger charge is 2.17. The molecule has 9 aromatic rings. The topological polar surface area (TPSA) is 38.7 Å². The Bertz CT molecular complexity index is 2630. The Balaban J connectivity index is 1.11. The molecule has 0 aliphatic carbocycles. The molecule has 0 aliphatic heterocycles. The first kappa shape index (κ1) is 28.5. The predicted octanol–water partition coefficient (Wildman–Crippen LogP) is 12.4. The van der Waals surface area contributed by atoms with E-state index in [0.717, 1.165) is 27.6 Å². The van der Waals surface area contributed by atoms with Crippen LogP contribution in [0.25, 0.3) is 87.1 Å². The van der Waals surface area contributed by atoms with Gasteiger partial charge >= 0.3 is 0 Å². The average Bonchev–Trinajstić information content (AvgIpc) is 3.53. The molecular formula is C43H26ClN3S. The van der Waals surface area contributed by atoms with Gasteiger partial charge in [0.25, 0.3) is 0 Å². The van der Waals surface area contributed by atoms with Crippen LogP contribution in [-0.4, -0.2) is 15.0 Å². The van der Waals surface area contributed by atoms with E-state index < -0.39 is 0 Å². The summed E-state index contributed by atoms with van der Waals surface area (Å²) in [5.41, 5.74) is 8.82. The summed E-state index contributed by atoms with van der Waals surface area (Å²) in [6.07, 6.45) is 0. The highest BCUT2D eigenvalue weighted by atomic mass is 35.5. The van der Waals surface area contributed by atoms with Crippen LogP contribution in [0.4, 0.5) is 0 Å². The van der Waals surface area contributed by atoms with Gasteiger partial charge in [0.2, 0.25) is 5.28 Å². The minimum atomic E-state index is 0.168. The van der Waals surface area contributed by atoms with Crippen molar-refractivity contribution in [2.24, 2.45) is 0 Å². The van der Waals surface area contributed by atoms with Gasteiger partial charge in [0.1, 0.15) is 0 Å². The Morgan fingerprint density at radius 1 is 0.396 bits per heavy atom. The molecule has 0 bridgehead atoms. The molecule has 48 heavy (non-hydrogen) atoms. The van der Waals surface area contributed by atoms with E-state index in [0.29, 0.717) is 11.6 Å². The van der Waals surface area contributed by atoms with Crippen molar-refractivity contribution in [3.63, 3.8) is 0 Å². The maximum absolute atomic E-state index is 6.62. The standard InChI is InChI=1S/C43H26ClN3S/c44-43-46-41(35-14-7-13-29(25-35)31-19-20-32-23-30(17-18-33(32)24-31)27-9-3-1-4-10-27)45-42(47-43)36-15-8-16-39-40(36)37-26-34(21-22-38(37)48-39)28-11-5-2-6-12-28/h1-26H. The lowest BCUT2D eigenvalue weighted by atomic mass is 9.97. The van der Waals surface area contributed by atoms with Gasteiger partial charge in [-0.3, -0.25) is 0 Å². The molecule has 2 heterocycles. The minimum Gasteiger partial charge on any atom is -0.208 e. The van der Waals surface area contributed by atoms with E-state index in [1.165, 1.54) is 47.8 Å². The molecule has 0 radical (unpaired) electrons. The molecule has 0 saturated heterocycles. The molecule has 0 unspecified atom stereocenters. The van der Waals surface area contributed by atoms with Crippen LogP contribution < -0.4 is 0 Å². The van der Waals surface area contributed by atoms with Gasteiger partial charge in [0.05, 0.1) is 0 Å². The minimum absolute atomic E-state index is 0.168. The highest BCUT2D eigenvalue weighted by Crippen LogP contribution is 2.41. The van der Waals surface area contributed by atoms with Gasteiger partial charge in [-0.25, -0.2) is 4.98 Å². The smallest absolute Gasteiger partial charge is 0.208 e. The van der Waals surface area contributed by atoms with Crippen molar-refractivity contribution in [3.8, 4) is 56.2 Å². The number of hydrogen-bond acceptors (Lipinski definition) is 4. The molecule has 2 aromatic heterocycles. The summed E-state index contributed by atoms with van der Waals surface area (Å²) in [6.45, 7) is 0. The summed E-state index contributed by atoms with van der Waals surface area (Å²) >= 11 is 8.39. The average molecular weight is 652 g/mol. The first-order valence-electron chi connectivity index (χ1n) is 15.8. The van der Waals surface area contributed by atoms with E-state index in [-0.39, 0.29) is 5.28 Å². The lowest BCUT2D eigenvalue weighted by Gasteiger charge is -2.10. The van der Waals surface area contributed by atoms with Crippen molar-refractivity contribution in [3.05, 3.63) is 163 Å². The van der Waals surface area contributed by atoms with Crippen molar-refractivity contribution in [1.82, 2.24) is 15.0 Å². The Morgan fingerprint density at radius 3 is 1.69 bits per heavy atom. The zero-order chi connectivity index (χ0) is 32.0. The summed E-state index contributed by atoms with van der Waals surface area (Å²) in [5.74, 6) is 1.10. The molecule has 0 N–H and O–H groups in total. The number of aromatic nitrogens is 3. The molecule has 3 nitrogen and oxygen atoms in total. The fraction of sp³-hybridized carbons (Fsp3) is 0. The molecule has 0 fully saturated rings. The van der Waals surface area contributed by atoms with E-state index in [9.17, 15) is 0 Å². The molecule has 0 spiro atoms. The van der Waals surface area contributed by atoms with Gasteiger partial charge in [-0.2, -0.15) is 9.97 Å². The van der Waals surface area contributed by atoms with Crippen LogP contribution in [0.15, 0.2) is 158 Å². The summed E-state index contributed by atoms with van der Waals surface area (Å²) in [4.78, 5) is 14.2. The van der Waals surface area contributed by atoms with E-state index >= 15 is 0 Å². The van der Waals surface area contributed by atoms with Gasteiger partial charge in [0, 0.05) is 31.3 Å². The fourth-order valence-electron chi connectivity index (χ4n) is 6.50. The fourth-order valence-corrected chi connectivity index (χ4v) is 7.77. The third-order valence-electron chi connectivity index (χ3n) is 8.85. The molecule has 0 aliphatic rings. The monoisotopic (exact) mass is 651 g/mol. The quantitative estimate of drug-likeness (QED) is 0.186. The van der Waals surface area contributed by atoms with Gasteiger partial charge in [-0.15, -0.1) is 11.3 Å². The van der Waals surface area contributed by atoms with Crippen molar-refractivity contribution in [1.29, 1.82) is 0 Å². The van der Waals surface area contributed by atoms with Crippen LogP contribution in [0.2, 0.25) is 5.28 Å². The van der Waals surface area contributed by atoms with Gasteiger partial charge in [-0.05, 0) is 92.2 Å². The van der Waals surface area contributed by atoms with Crippen LogP contribution in [0.5, 0.6) is 0 Å².